The monoisotopic (exact) mass is 230 g/mol. The molecule has 2 atom stereocenters. The molecule has 1 rings (SSSR count). The largest absolute Gasteiger partial charge is 0.351 e. The molecule has 1 aliphatic heterocycles. The van der Waals surface area contributed by atoms with Gasteiger partial charge >= 0.3 is 0 Å². The fraction of sp³-hybridized carbons (Fsp3) is 0.909. The molecule has 0 aromatic carbocycles. The van der Waals surface area contributed by atoms with E-state index in [-0.39, 0.29) is 11.4 Å². The van der Waals surface area contributed by atoms with Crippen molar-refractivity contribution in [3.05, 3.63) is 0 Å². The Morgan fingerprint density at radius 1 is 1.53 bits per heavy atom. The summed E-state index contributed by atoms with van der Waals surface area (Å²) in [6, 6.07) is 0.586. The van der Waals surface area contributed by atoms with E-state index in [1.807, 2.05) is 32.5 Å². The van der Waals surface area contributed by atoms with Crippen molar-refractivity contribution >= 4 is 17.7 Å². The third-order valence-electron chi connectivity index (χ3n) is 2.30. The van der Waals surface area contributed by atoms with E-state index in [0.29, 0.717) is 17.8 Å². The highest BCUT2D eigenvalue weighted by molar-refractivity contribution is 8.00. The molecule has 1 amide bonds. The van der Waals surface area contributed by atoms with Crippen LogP contribution in [0.15, 0.2) is 0 Å². The minimum Gasteiger partial charge on any atom is -0.351 e. The van der Waals surface area contributed by atoms with Crippen LogP contribution < -0.4 is 10.6 Å². The summed E-state index contributed by atoms with van der Waals surface area (Å²) in [5.41, 5.74) is -0.121. The fourth-order valence-corrected chi connectivity index (χ4v) is 2.94. The van der Waals surface area contributed by atoms with Gasteiger partial charge in [-0.15, -0.1) is 11.8 Å². The zero-order chi connectivity index (χ0) is 11.5. The zero-order valence-corrected chi connectivity index (χ0v) is 10.9. The van der Waals surface area contributed by atoms with Gasteiger partial charge < -0.3 is 10.6 Å². The van der Waals surface area contributed by atoms with Gasteiger partial charge in [-0.1, -0.05) is 6.92 Å². The summed E-state index contributed by atoms with van der Waals surface area (Å²) in [4.78, 5) is 11.6. The van der Waals surface area contributed by atoms with Crippen molar-refractivity contribution < 1.29 is 4.79 Å². The van der Waals surface area contributed by atoms with Crippen molar-refractivity contribution in [3.8, 4) is 0 Å². The van der Waals surface area contributed by atoms with Crippen LogP contribution in [0.4, 0.5) is 0 Å². The van der Waals surface area contributed by atoms with Gasteiger partial charge in [-0.25, -0.2) is 0 Å². The topological polar surface area (TPSA) is 41.1 Å². The summed E-state index contributed by atoms with van der Waals surface area (Å²) in [7, 11) is 0. The molecule has 0 radical (unpaired) electrons. The molecular formula is C11H22N2OS. The van der Waals surface area contributed by atoms with E-state index in [1.54, 1.807) is 0 Å². The van der Waals surface area contributed by atoms with Crippen LogP contribution in [0.25, 0.3) is 0 Å². The van der Waals surface area contributed by atoms with Gasteiger partial charge in [0.2, 0.25) is 5.91 Å². The summed E-state index contributed by atoms with van der Waals surface area (Å²) in [5.74, 6) is 1.27. The molecule has 0 aromatic rings. The number of nitrogens with one attached hydrogen (secondary N) is 2. The normalized spacial score (nSPS) is 26.7. The Balaban J connectivity index is 2.28. The lowest BCUT2D eigenvalue weighted by Gasteiger charge is -2.21. The van der Waals surface area contributed by atoms with Gasteiger partial charge in [0.1, 0.15) is 0 Å². The Morgan fingerprint density at radius 2 is 2.20 bits per heavy atom. The summed E-state index contributed by atoms with van der Waals surface area (Å²) in [6.07, 6.45) is 1.73. The first-order chi connectivity index (χ1) is 6.90. The predicted molar refractivity (Wildman–Crippen MR) is 66.0 cm³/mol. The summed E-state index contributed by atoms with van der Waals surface area (Å²) in [5, 5.41) is 6.75. The highest BCUT2D eigenvalue weighted by Gasteiger charge is 2.25. The van der Waals surface area contributed by atoms with Crippen LogP contribution in [0.5, 0.6) is 0 Å². The number of carbonyl (C=O) groups is 1. The van der Waals surface area contributed by atoms with Gasteiger partial charge in [-0.3, -0.25) is 4.79 Å². The number of hydrogen-bond donors (Lipinski definition) is 2. The molecule has 2 N–H and O–H groups in total. The molecule has 0 aliphatic carbocycles. The van der Waals surface area contributed by atoms with Crippen molar-refractivity contribution in [3.63, 3.8) is 0 Å². The predicted octanol–water partition coefficient (Wildman–Crippen LogP) is 1.73. The number of hydrogen-bond acceptors (Lipinski definition) is 3. The maximum atomic E-state index is 11.6. The minimum atomic E-state index is -0.121. The second kappa shape index (κ2) is 5.21. The van der Waals surface area contributed by atoms with Gasteiger partial charge in [-0.2, -0.15) is 0 Å². The van der Waals surface area contributed by atoms with Crippen LogP contribution in [0.1, 0.15) is 40.5 Å². The van der Waals surface area contributed by atoms with Gasteiger partial charge in [0, 0.05) is 17.3 Å². The molecule has 0 bridgehead atoms. The molecule has 0 saturated carbocycles. The molecule has 0 aromatic heterocycles. The zero-order valence-electron chi connectivity index (χ0n) is 10.1. The third kappa shape index (κ3) is 4.89. The second-order valence-corrected chi connectivity index (χ2v) is 6.33. The van der Waals surface area contributed by atoms with E-state index in [2.05, 4.69) is 17.6 Å². The molecule has 3 nitrogen and oxygen atoms in total. The van der Waals surface area contributed by atoms with E-state index in [0.717, 1.165) is 12.2 Å². The van der Waals surface area contributed by atoms with Crippen LogP contribution in [-0.2, 0) is 4.79 Å². The van der Waals surface area contributed by atoms with Crippen molar-refractivity contribution in [2.24, 2.45) is 0 Å². The lowest BCUT2D eigenvalue weighted by atomic mass is 10.1. The van der Waals surface area contributed by atoms with Crippen LogP contribution >= 0.6 is 11.8 Å². The van der Waals surface area contributed by atoms with Crippen molar-refractivity contribution in [2.45, 2.75) is 57.5 Å². The average molecular weight is 230 g/mol. The smallest absolute Gasteiger partial charge is 0.222 e. The molecule has 1 heterocycles. The third-order valence-corrected chi connectivity index (χ3v) is 3.60. The fourth-order valence-electron chi connectivity index (χ4n) is 1.58. The van der Waals surface area contributed by atoms with Gasteiger partial charge in [0.05, 0.1) is 11.8 Å². The molecule has 2 unspecified atom stereocenters. The average Bonchev–Trinajstić information content (AvgIpc) is 2.48. The molecule has 0 spiro atoms. The number of carbonyl (C=O) groups excluding carboxylic acids is 1. The first-order valence-electron chi connectivity index (χ1n) is 5.59. The Kier molecular flexibility index (Phi) is 4.46. The van der Waals surface area contributed by atoms with Gasteiger partial charge in [0.25, 0.3) is 0 Å². The maximum absolute atomic E-state index is 11.6. The van der Waals surface area contributed by atoms with Crippen LogP contribution in [0, 0.1) is 0 Å². The highest BCUT2D eigenvalue weighted by Crippen LogP contribution is 2.22. The molecule has 15 heavy (non-hydrogen) atoms. The first kappa shape index (κ1) is 12.8. The molecule has 1 saturated heterocycles. The van der Waals surface area contributed by atoms with Crippen LogP contribution in [-0.4, -0.2) is 28.6 Å². The van der Waals surface area contributed by atoms with Crippen LogP contribution in [0.2, 0.25) is 0 Å². The van der Waals surface area contributed by atoms with Crippen molar-refractivity contribution in [1.82, 2.24) is 10.6 Å². The Hall–Kier alpha value is -0.220. The maximum Gasteiger partial charge on any atom is 0.222 e. The number of rotatable bonds is 3. The lowest BCUT2D eigenvalue weighted by Crippen LogP contribution is -2.43. The quantitative estimate of drug-likeness (QED) is 0.776. The lowest BCUT2D eigenvalue weighted by molar-refractivity contribution is -0.122. The van der Waals surface area contributed by atoms with E-state index < -0.39 is 0 Å². The minimum absolute atomic E-state index is 0.121. The highest BCUT2D eigenvalue weighted by atomic mass is 32.2. The Bertz CT molecular complexity index is 225. The molecule has 1 fully saturated rings. The second-order valence-electron chi connectivity index (χ2n) is 5.10. The Morgan fingerprint density at radius 3 is 2.67 bits per heavy atom. The molecule has 88 valence electrons. The van der Waals surface area contributed by atoms with Gasteiger partial charge in [-0.05, 0) is 27.2 Å². The van der Waals surface area contributed by atoms with Crippen LogP contribution in [0.3, 0.4) is 0 Å². The van der Waals surface area contributed by atoms with E-state index in [9.17, 15) is 4.79 Å². The Labute approximate surface area is 96.8 Å². The molecule has 4 heteroatoms. The first-order valence-corrected chi connectivity index (χ1v) is 6.64. The van der Waals surface area contributed by atoms with Gasteiger partial charge in [0.15, 0.2) is 0 Å². The SMILES string of the molecule is CCC1CSC(CC(=O)NC(C)(C)C)N1. The van der Waals surface area contributed by atoms with E-state index in [4.69, 9.17) is 0 Å². The van der Waals surface area contributed by atoms with Crippen molar-refractivity contribution in [1.29, 1.82) is 0 Å². The molecule has 1 aliphatic rings. The number of amides is 1. The van der Waals surface area contributed by atoms with E-state index >= 15 is 0 Å². The van der Waals surface area contributed by atoms with E-state index in [1.165, 1.54) is 0 Å². The van der Waals surface area contributed by atoms with Crippen molar-refractivity contribution in [2.75, 3.05) is 5.75 Å². The summed E-state index contributed by atoms with van der Waals surface area (Å²) >= 11 is 1.86. The summed E-state index contributed by atoms with van der Waals surface area (Å²) in [6.45, 7) is 8.20. The number of thioether (sulfide) groups is 1. The summed E-state index contributed by atoms with van der Waals surface area (Å²) < 4.78 is 0. The standard InChI is InChI=1S/C11H22N2OS/c1-5-8-7-15-10(12-8)6-9(14)13-11(2,3)4/h8,10,12H,5-7H2,1-4H3,(H,13,14). The molecular weight excluding hydrogens is 208 g/mol.